The summed E-state index contributed by atoms with van der Waals surface area (Å²) in [6.07, 6.45) is 3.79. The van der Waals surface area contributed by atoms with E-state index in [1.807, 2.05) is 49.4 Å². The molecule has 3 heterocycles. The van der Waals surface area contributed by atoms with Crippen LogP contribution >= 0.6 is 11.3 Å². The van der Waals surface area contributed by atoms with Crippen LogP contribution in [0.15, 0.2) is 66.2 Å². The average Bonchev–Trinajstić information content (AvgIpc) is 3.66. The highest BCUT2D eigenvalue weighted by Gasteiger charge is 2.48. The molecule has 0 bridgehead atoms. The number of aromatic nitrogens is 1. The van der Waals surface area contributed by atoms with Crippen LogP contribution in [0.2, 0.25) is 0 Å². The molecule has 2 aliphatic rings. The fraction of sp³-hybridized carbons (Fsp3) is 0.303. The molecule has 3 aromatic carbocycles. The molecular weight excluding hydrogens is 552 g/mol. The number of ether oxygens (including phenoxy) is 3. The number of thiazole rings is 1. The number of carbonyl (C=O) groups excluding carboxylic acids is 2. The Labute approximate surface area is 248 Å². The zero-order chi connectivity index (χ0) is 29.4. The summed E-state index contributed by atoms with van der Waals surface area (Å²) < 4.78 is 18.0. The maximum absolute atomic E-state index is 13.7. The average molecular weight is 585 g/mol. The number of hydrogen-bond acceptors (Lipinski definition) is 8. The highest BCUT2D eigenvalue weighted by Crippen LogP contribution is 2.45. The van der Waals surface area contributed by atoms with E-state index in [-0.39, 0.29) is 17.4 Å². The van der Waals surface area contributed by atoms with E-state index >= 15 is 0 Å². The summed E-state index contributed by atoms with van der Waals surface area (Å²) in [5.74, 6) is 0.300. The van der Waals surface area contributed by atoms with Gasteiger partial charge in [-0.15, -0.1) is 0 Å². The second kappa shape index (κ2) is 11.5. The van der Waals surface area contributed by atoms with Gasteiger partial charge in [0.05, 0.1) is 35.5 Å². The number of nitrogens with zero attached hydrogens (tertiary/aromatic N) is 2. The number of aliphatic hydroxyl groups is 1. The standard InChI is InChI=1S/C33H32N2O6S/c1-4-5-6-14-40-24-9-7-8-20(17-24)29-28(30(36)21-10-13-26-22(16-21)15-19(2)41-26)31(37)32(38)35(29)33-34-25-12-11-23(39-3)18-27(25)42-33/h7-13,16-19,29,36H,4-6,14-15H2,1-3H3/b30-28-. The molecule has 0 spiro atoms. The van der Waals surface area contributed by atoms with Crippen molar-refractivity contribution in [1.82, 2.24) is 4.98 Å². The van der Waals surface area contributed by atoms with Crippen LogP contribution in [0.4, 0.5) is 5.13 Å². The van der Waals surface area contributed by atoms with Gasteiger partial charge in [0.25, 0.3) is 5.78 Å². The van der Waals surface area contributed by atoms with Crippen molar-refractivity contribution >= 4 is 44.1 Å². The van der Waals surface area contributed by atoms with Crippen LogP contribution in [0.1, 0.15) is 55.8 Å². The first kappa shape index (κ1) is 27.8. The Bertz CT molecular complexity index is 1710. The summed E-state index contributed by atoms with van der Waals surface area (Å²) in [6, 6.07) is 17.3. The van der Waals surface area contributed by atoms with E-state index in [0.29, 0.717) is 46.3 Å². The van der Waals surface area contributed by atoms with Crippen LogP contribution in [-0.2, 0) is 16.0 Å². The quantitative estimate of drug-likeness (QED) is 0.0997. The summed E-state index contributed by atoms with van der Waals surface area (Å²) in [6.45, 7) is 4.68. The number of anilines is 1. The van der Waals surface area contributed by atoms with Gasteiger partial charge in [0.2, 0.25) is 0 Å². The van der Waals surface area contributed by atoms with E-state index in [4.69, 9.17) is 19.2 Å². The fourth-order valence-corrected chi connectivity index (χ4v) is 6.53. The van der Waals surface area contributed by atoms with Gasteiger partial charge in [-0.2, -0.15) is 0 Å². The first-order chi connectivity index (χ1) is 20.4. The number of unbranched alkanes of at least 4 members (excludes halogenated alkanes) is 2. The molecule has 8 nitrogen and oxygen atoms in total. The first-order valence-electron chi connectivity index (χ1n) is 14.2. The van der Waals surface area contributed by atoms with E-state index in [1.165, 1.54) is 16.2 Å². The molecule has 1 saturated heterocycles. The molecule has 2 atom stereocenters. The highest BCUT2D eigenvalue weighted by atomic mass is 32.1. The summed E-state index contributed by atoms with van der Waals surface area (Å²) in [4.78, 5) is 33.5. The van der Waals surface area contributed by atoms with E-state index in [1.54, 1.807) is 25.3 Å². The van der Waals surface area contributed by atoms with Crippen LogP contribution in [-0.4, -0.2) is 41.6 Å². The van der Waals surface area contributed by atoms with Crippen molar-refractivity contribution in [3.63, 3.8) is 0 Å². The Hall–Kier alpha value is -4.37. The zero-order valence-electron chi connectivity index (χ0n) is 23.8. The molecule has 42 heavy (non-hydrogen) atoms. The number of carbonyl (C=O) groups is 2. The van der Waals surface area contributed by atoms with Crippen molar-refractivity contribution in [2.45, 2.75) is 51.7 Å². The SMILES string of the molecule is CCCCCOc1cccc(C2/C(=C(/O)c3ccc4c(c3)CC(C)O4)C(=O)C(=O)N2c2nc3ccc(OC)cc3s2)c1. The Balaban J connectivity index is 1.47. The van der Waals surface area contributed by atoms with Gasteiger partial charge in [-0.3, -0.25) is 14.5 Å². The molecule has 9 heteroatoms. The van der Waals surface area contributed by atoms with E-state index < -0.39 is 17.7 Å². The fourth-order valence-electron chi connectivity index (χ4n) is 5.51. The predicted molar refractivity (Wildman–Crippen MR) is 163 cm³/mol. The number of amides is 1. The molecule has 0 radical (unpaired) electrons. The van der Waals surface area contributed by atoms with E-state index in [9.17, 15) is 14.7 Å². The third-order valence-electron chi connectivity index (χ3n) is 7.59. The van der Waals surface area contributed by atoms with Crippen LogP contribution in [0.5, 0.6) is 17.2 Å². The Morgan fingerprint density at radius 2 is 1.95 bits per heavy atom. The largest absolute Gasteiger partial charge is 0.507 e. The minimum absolute atomic E-state index is 0.00637. The lowest BCUT2D eigenvalue weighted by Gasteiger charge is -2.23. The molecule has 1 amide bonds. The third kappa shape index (κ3) is 5.09. The van der Waals surface area contributed by atoms with Gasteiger partial charge in [-0.05, 0) is 73.0 Å². The topological polar surface area (TPSA) is 98.2 Å². The van der Waals surface area contributed by atoms with Crippen LogP contribution in [0.25, 0.3) is 16.0 Å². The minimum Gasteiger partial charge on any atom is -0.507 e. The van der Waals surface area contributed by atoms with Gasteiger partial charge in [-0.1, -0.05) is 43.2 Å². The summed E-state index contributed by atoms with van der Waals surface area (Å²) in [7, 11) is 1.59. The number of rotatable bonds is 9. The van der Waals surface area contributed by atoms with Crippen molar-refractivity contribution in [1.29, 1.82) is 0 Å². The van der Waals surface area contributed by atoms with Crippen molar-refractivity contribution in [2.24, 2.45) is 0 Å². The van der Waals surface area contributed by atoms with Crippen molar-refractivity contribution in [2.75, 3.05) is 18.6 Å². The number of fused-ring (bicyclic) bond motifs is 2. The molecule has 216 valence electrons. The smallest absolute Gasteiger partial charge is 0.301 e. The monoisotopic (exact) mass is 584 g/mol. The molecule has 1 N–H and O–H groups in total. The maximum atomic E-state index is 13.7. The Morgan fingerprint density at radius 1 is 1.10 bits per heavy atom. The molecular formula is C33H32N2O6S. The number of hydrogen-bond donors (Lipinski definition) is 1. The lowest BCUT2D eigenvalue weighted by atomic mass is 9.94. The third-order valence-corrected chi connectivity index (χ3v) is 8.61. The summed E-state index contributed by atoms with van der Waals surface area (Å²) in [5, 5.41) is 12.0. The Kier molecular flexibility index (Phi) is 7.60. The summed E-state index contributed by atoms with van der Waals surface area (Å²) in [5.41, 5.74) is 2.72. The molecule has 0 aliphatic carbocycles. The van der Waals surface area contributed by atoms with Crippen molar-refractivity contribution in [3.05, 3.63) is 82.9 Å². The second-order valence-corrected chi connectivity index (χ2v) is 11.6. The molecule has 1 aromatic heterocycles. The number of methoxy groups -OCH3 is 1. The van der Waals surface area contributed by atoms with Crippen LogP contribution < -0.4 is 19.1 Å². The van der Waals surface area contributed by atoms with Gasteiger partial charge < -0.3 is 19.3 Å². The molecule has 1 fully saturated rings. The van der Waals surface area contributed by atoms with Crippen LogP contribution in [0, 0.1) is 0 Å². The number of ketones is 1. The van der Waals surface area contributed by atoms with Gasteiger partial charge in [-0.25, -0.2) is 4.98 Å². The number of benzene rings is 3. The molecule has 4 aromatic rings. The number of aliphatic hydroxyl groups excluding tert-OH is 1. The summed E-state index contributed by atoms with van der Waals surface area (Å²) >= 11 is 1.29. The minimum atomic E-state index is -0.907. The lowest BCUT2D eigenvalue weighted by molar-refractivity contribution is -0.132. The van der Waals surface area contributed by atoms with E-state index in [2.05, 4.69) is 6.92 Å². The van der Waals surface area contributed by atoms with Gasteiger partial charge >= 0.3 is 5.91 Å². The first-order valence-corrected chi connectivity index (χ1v) is 15.0. The highest BCUT2D eigenvalue weighted by molar-refractivity contribution is 7.22. The predicted octanol–water partition coefficient (Wildman–Crippen LogP) is 6.82. The number of Topliss-reactive ketones (excluding diaryl/α,β-unsaturated/α-hetero) is 1. The van der Waals surface area contributed by atoms with E-state index in [0.717, 1.165) is 35.3 Å². The van der Waals surface area contributed by atoms with Crippen LogP contribution in [0.3, 0.4) is 0 Å². The van der Waals surface area contributed by atoms with Gasteiger partial charge in [0, 0.05) is 12.0 Å². The Morgan fingerprint density at radius 3 is 2.76 bits per heavy atom. The second-order valence-electron chi connectivity index (χ2n) is 10.6. The molecule has 2 aliphatic heterocycles. The van der Waals surface area contributed by atoms with Gasteiger partial charge in [0.1, 0.15) is 29.1 Å². The molecule has 0 saturated carbocycles. The van der Waals surface area contributed by atoms with Crippen molar-refractivity contribution in [3.8, 4) is 17.2 Å². The zero-order valence-corrected chi connectivity index (χ0v) is 24.6. The molecule has 6 rings (SSSR count). The normalized spacial score (nSPS) is 19.3. The lowest BCUT2D eigenvalue weighted by Crippen LogP contribution is -2.29. The van der Waals surface area contributed by atoms with Gasteiger partial charge in [0.15, 0.2) is 5.13 Å². The molecule has 2 unspecified atom stereocenters. The maximum Gasteiger partial charge on any atom is 0.301 e. The van der Waals surface area contributed by atoms with Crippen molar-refractivity contribution < 1.29 is 28.9 Å².